The van der Waals surface area contributed by atoms with E-state index in [-0.39, 0.29) is 5.41 Å². The lowest BCUT2D eigenvalue weighted by molar-refractivity contribution is -0.129. The van der Waals surface area contributed by atoms with Crippen molar-refractivity contribution in [3.05, 3.63) is 30.3 Å². The Labute approximate surface area is 122 Å². The van der Waals surface area contributed by atoms with Crippen molar-refractivity contribution in [3.63, 3.8) is 0 Å². The number of nitrogens with zero attached hydrogens (tertiary/aromatic N) is 1. The van der Waals surface area contributed by atoms with E-state index in [0.717, 1.165) is 51.0 Å². The van der Waals surface area contributed by atoms with Crippen LogP contribution in [0.1, 0.15) is 39.5 Å². The molecule has 1 fully saturated rings. The first-order valence-corrected chi connectivity index (χ1v) is 7.81. The highest BCUT2D eigenvalue weighted by Crippen LogP contribution is 2.35. The van der Waals surface area contributed by atoms with E-state index in [2.05, 4.69) is 19.2 Å². The summed E-state index contributed by atoms with van der Waals surface area (Å²) in [5, 5.41) is 3.42. The number of nitrogens with one attached hydrogen (secondary N) is 1. The number of hydrogen-bond acceptors (Lipinski definition) is 2. The number of benzene rings is 1. The molecule has 1 aromatic rings. The third kappa shape index (κ3) is 3.04. The number of para-hydroxylation sites is 1. The van der Waals surface area contributed by atoms with E-state index in [9.17, 15) is 4.79 Å². The highest BCUT2D eigenvalue weighted by molar-refractivity contribution is 5.97. The molecule has 2 rings (SSSR count). The first kappa shape index (κ1) is 15.0. The molecule has 1 aliphatic heterocycles. The third-order valence-electron chi connectivity index (χ3n) is 4.28. The molecule has 0 aromatic heterocycles. The topological polar surface area (TPSA) is 32.3 Å². The summed E-state index contributed by atoms with van der Waals surface area (Å²) < 4.78 is 0. The van der Waals surface area contributed by atoms with Gasteiger partial charge in [0.25, 0.3) is 0 Å². The van der Waals surface area contributed by atoms with Crippen LogP contribution >= 0.6 is 0 Å². The number of carbonyl (C=O) groups excluding carboxylic acids is 1. The van der Waals surface area contributed by atoms with E-state index in [4.69, 9.17) is 0 Å². The number of piperidine rings is 1. The lowest BCUT2D eigenvalue weighted by Gasteiger charge is -2.40. The summed E-state index contributed by atoms with van der Waals surface area (Å²) in [4.78, 5) is 15.1. The van der Waals surface area contributed by atoms with E-state index in [1.54, 1.807) is 0 Å². The zero-order valence-electron chi connectivity index (χ0n) is 12.7. The van der Waals surface area contributed by atoms with Crippen LogP contribution in [0.3, 0.4) is 0 Å². The van der Waals surface area contributed by atoms with Gasteiger partial charge in [0.2, 0.25) is 5.91 Å². The van der Waals surface area contributed by atoms with Crippen molar-refractivity contribution in [2.24, 2.45) is 5.41 Å². The Bertz CT molecular complexity index is 418. The molecular weight excluding hydrogens is 248 g/mol. The molecule has 3 nitrogen and oxygen atoms in total. The van der Waals surface area contributed by atoms with Crippen LogP contribution in [0, 0.1) is 5.41 Å². The zero-order valence-corrected chi connectivity index (χ0v) is 12.7. The first-order valence-electron chi connectivity index (χ1n) is 7.81. The molecule has 1 amide bonds. The second-order valence-electron chi connectivity index (χ2n) is 5.70. The van der Waals surface area contributed by atoms with Gasteiger partial charge in [-0.25, -0.2) is 0 Å². The highest BCUT2D eigenvalue weighted by Gasteiger charge is 2.41. The minimum atomic E-state index is -0.209. The van der Waals surface area contributed by atoms with Crippen LogP contribution in [-0.2, 0) is 4.79 Å². The van der Waals surface area contributed by atoms with Gasteiger partial charge in [-0.3, -0.25) is 4.79 Å². The average molecular weight is 274 g/mol. The molecule has 1 aromatic carbocycles. The predicted octanol–water partition coefficient (Wildman–Crippen LogP) is 3.21. The SMILES string of the molecule is CCCC1(C(=O)N(CC)c2ccccc2)CCCNC1. The Hall–Kier alpha value is -1.35. The fourth-order valence-corrected chi connectivity index (χ4v) is 3.29. The Morgan fingerprint density at radius 1 is 1.30 bits per heavy atom. The first-order chi connectivity index (χ1) is 9.73. The standard InChI is InChI=1S/C17H26N2O/c1-3-11-17(12-8-13-18-14-17)16(20)19(4-2)15-9-6-5-7-10-15/h5-7,9-10,18H,3-4,8,11-14H2,1-2H3. The molecule has 1 atom stereocenters. The summed E-state index contributed by atoms with van der Waals surface area (Å²) in [6, 6.07) is 10.0. The van der Waals surface area contributed by atoms with E-state index >= 15 is 0 Å². The summed E-state index contributed by atoms with van der Waals surface area (Å²) in [6.07, 6.45) is 4.13. The maximum Gasteiger partial charge on any atom is 0.234 e. The molecule has 0 aliphatic carbocycles. The molecule has 1 unspecified atom stereocenters. The van der Waals surface area contributed by atoms with Gasteiger partial charge in [-0.05, 0) is 44.9 Å². The third-order valence-corrected chi connectivity index (χ3v) is 4.28. The number of rotatable bonds is 5. The number of hydrogen-bond donors (Lipinski definition) is 1. The summed E-state index contributed by atoms with van der Waals surface area (Å²) in [5.74, 6) is 0.292. The average Bonchev–Trinajstić information content (AvgIpc) is 2.50. The normalized spacial score (nSPS) is 22.5. The molecule has 0 radical (unpaired) electrons. The summed E-state index contributed by atoms with van der Waals surface area (Å²) in [6.45, 7) is 6.82. The highest BCUT2D eigenvalue weighted by atomic mass is 16.2. The molecule has 0 bridgehead atoms. The summed E-state index contributed by atoms with van der Waals surface area (Å²) in [5.41, 5.74) is 0.805. The molecule has 0 spiro atoms. The smallest absolute Gasteiger partial charge is 0.234 e. The van der Waals surface area contributed by atoms with Crippen LogP contribution in [0.4, 0.5) is 5.69 Å². The van der Waals surface area contributed by atoms with Crippen LogP contribution in [0.15, 0.2) is 30.3 Å². The summed E-state index contributed by atoms with van der Waals surface area (Å²) in [7, 11) is 0. The quantitative estimate of drug-likeness (QED) is 0.894. The lowest BCUT2D eigenvalue weighted by atomic mass is 9.75. The van der Waals surface area contributed by atoms with Gasteiger partial charge in [-0.1, -0.05) is 31.5 Å². The van der Waals surface area contributed by atoms with Gasteiger partial charge in [0.15, 0.2) is 0 Å². The van der Waals surface area contributed by atoms with E-state index in [0.29, 0.717) is 5.91 Å². The second kappa shape index (κ2) is 6.89. The van der Waals surface area contributed by atoms with Gasteiger partial charge in [-0.15, -0.1) is 0 Å². The van der Waals surface area contributed by atoms with Crippen molar-refractivity contribution in [1.82, 2.24) is 5.32 Å². The fraction of sp³-hybridized carbons (Fsp3) is 0.588. The van der Waals surface area contributed by atoms with Crippen molar-refractivity contribution < 1.29 is 4.79 Å². The Balaban J connectivity index is 2.25. The minimum Gasteiger partial charge on any atom is -0.316 e. The van der Waals surface area contributed by atoms with Gasteiger partial charge in [0, 0.05) is 18.8 Å². The molecule has 20 heavy (non-hydrogen) atoms. The summed E-state index contributed by atoms with van der Waals surface area (Å²) >= 11 is 0. The van der Waals surface area contributed by atoms with Crippen LogP contribution in [0.2, 0.25) is 0 Å². The van der Waals surface area contributed by atoms with E-state index in [1.165, 1.54) is 0 Å². The number of anilines is 1. The molecular formula is C17H26N2O. The Morgan fingerprint density at radius 3 is 2.60 bits per heavy atom. The van der Waals surface area contributed by atoms with Gasteiger partial charge >= 0.3 is 0 Å². The van der Waals surface area contributed by atoms with Crippen LogP contribution < -0.4 is 10.2 Å². The number of carbonyl (C=O) groups is 1. The molecule has 1 heterocycles. The van der Waals surface area contributed by atoms with Gasteiger partial charge in [-0.2, -0.15) is 0 Å². The zero-order chi connectivity index (χ0) is 14.4. The van der Waals surface area contributed by atoms with Crippen molar-refractivity contribution in [1.29, 1.82) is 0 Å². The van der Waals surface area contributed by atoms with Crippen LogP contribution in [0.5, 0.6) is 0 Å². The maximum absolute atomic E-state index is 13.1. The molecule has 1 aliphatic rings. The second-order valence-corrected chi connectivity index (χ2v) is 5.70. The van der Waals surface area contributed by atoms with E-state index < -0.39 is 0 Å². The fourth-order valence-electron chi connectivity index (χ4n) is 3.29. The monoisotopic (exact) mass is 274 g/mol. The van der Waals surface area contributed by atoms with Crippen molar-refractivity contribution in [2.75, 3.05) is 24.5 Å². The van der Waals surface area contributed by atoms with Gasteiger partial charge in [0.1, 0.15) is 0 Å². The number of amides is 1. The van der Waals surface area contributed by atoms with Crippen molar-refractivity contribution >= 4 is 11.6 Å². The van der Waals surface area contributed by atoms with Crippen LogP contribution in [0.25, 0.3) is 0 Å². The minimum absolute atomic E-state index is 0.209. The lowest BCUT2D eigenvalue weighted by Crippen LogP contribution is -2.52. The molecule has 0 saturated carbocycles. The predicted molar refractivity (Wildman–Crippen MR) is 83.9 cm³/mol. The Morgan fingerprint density at radius 2 is 2.05 bits per heavy atom. The molecule has 1 saturated heterocycles. The Kier molecular flexibility index (Phi) is 5.18. The van der Waals surface area contributed by atoms with E-state index in [1.807, 2.05) is 35.2 Å². The maximum atomic E-state index is 13.1. The van der Waals surface area contributed by atoms with Crippen molar-refractivity contribution in [3.8, 4) is 0 Å². The molecule has 1 N–H and O–H groups in total. The largest absolute Gasteiger partial charge is 0.316 e. The van der Waals surface area contributed by atoms with Crippen LogP contribution in [-0.4, -0.2) is 25.5 Å². The molecule has 110 valence electrons. The van der Waals surface area contributed by atoms with Gasteiger partial charge < -0.3 is 10.2 Å². The van der Waals surface area contributed by atoms with Crippen molar-refractivity contribution in [2.45, 2.75) is 39.5 Å². The molecule has 3 heteroatoms. The van der Waals surface area contributed by atoms with Gasteiger partial charge in [0.05, 0.1) is 5.41 Å².